The van der Waals surface area contributed by atoms with Gasteiger partial charge in [-0.1, -0.05) is 0 Å². The van der Waals surface area contributed by atoms with Crippen LogP contribution in [0, 0.1) is 11.3 Å². The zero-order valence-corrected chi connectivity index (χ0v) is 7.05. The molecule has 2 aliphatic rings. The molecule has 1 spiro atoms. The Kier molecular flexibility index (Phi) is 1.53. The van der Waals surface area contributed by atoms with Gasteiger partial charge in [0.15, 0.2) is 0 Å². The minimum atomic E-state index is 0.678. The van der Waals surface area contributed by atoms with Crippen LogP contribution in [0.15, 0.2) is 0 Å². The molecule has 0 aromatic carbocycles. The SMILES string of the molecule is CN1CC2(CC2CCC=O)C1. The summed E-state index contributed by atoms with van der Waals surface area (Å²) in [6.07, 6.45) is 4.34. The predicted octanol–water partition coefficient (Wildman–Crippen LogP) is 0.917. The van der Waals surface area contributed by atoms with Gasteiger partial charge < -0.3 is 9.69 Å². The molecule has 1 aliphatic carbocycles. The number of likely N-dealkylation sites (tertiary alicyclic amines) is 1. The fraction of sp³-hybridized carbons (Fsp3) is 0.889. The third-order valence-electron chi connectivity index (χ3n) is 3.16. The van der Waals surface area contributed by atoms with E-state index in [2.05, 4.69) is 11.9 Å². The van der Waals surface area contributed by atoms with Crippen molar-refractivity contribution in [1.82, 2.24) is 4.90 Å². The van der Waals surface area contributed by atoms with Crippen molar-refractivity contribution in [3.63, 3.8) is 0 Å². The molecule has 1 saturated heterocycles. The molecular formula is C9H15NO. The molecule has 1 aliphatic heterocycles. The van der Waals surface area contributed by atoms with E-state index < -0.39 is 0 Å². The van der Waals surface area contributed by atoms with Gasteiger partial charge in [0, 0.05) is 19.5 Å². The molecule has 11 heavy (non-hydrogen) atoms. The third kappa shape index (κ3) is 1.09. The lowest BCUT2D eigenvalue weighted by Gasteiger charge is -2.38. The third-order valence-corrected chi connectivity index (χ3v) is 3.16. The molecule has 2 heteroatoms. The van der Waals surface area contributed by atoms with Crippen LogP contribution in [0.1, 0.15) is 19.3 Å². The van der Waals surface area contributed by atoms with E-state index >= 15 is 0 Å². The van der Waals surface area contributed by atoms with Crippen LogP contribution in [-0.2, 0) is 4.79 Å². The van der Waals surface area contributed by atoms with Gasteiger partial charge in [0.25, 0.3) is 0 Å². The quantitative estimate of drug-likeness (QED) is 0.562. The summed E-state index contributed by atoms with van der Waals surface area (Å²) < 4.78 is 0. The zero-order chi connectivity index (χ0) is 7.90. The lowest BCUT2D eigenvalue weighted by Crippen LogP contribution is -2.46. The molecule has 0 N–H and O–H groups in total. The fourth-order valence-corrected chi connectivity index (χ4v) is 2.53. The van der Waals surface area contributed by atoms with Gasteiger partial charge in [0.1, 0.15) is 6.29 Å². The van der Waals surface area contributed by atoms with Gasteiger partial charge in [0.2, 0.25) is 0 Å². The van der Waals surface area contributed by atoms with E-state index in [-0.39, 0.29) is 0 Å². The lowest BCUT2D eigenvalue weighted by atomic mass is 9.93. The summed E-state index contributed by atoms with van der Waals surface area (Å²) in [7, 11) is 2.17. The summed E-state index contributed by atoms with van der Waals surface area (Å²) >= 11 is 0. The number of carbonyl (C=O) groups excluding carboxylic acids is 1. The van der Waals surface area contributed by atoms with Crippen molar-refractivity contribution in [3.8, 4) is 0 Å². The monoisotopic (exact) mass is 153 g/mol. The first-order valence-corrected chi connectivity index (χ1v) is 4.39. The number of carbonyl (C=O) groups is 1. The Morgan fingerprint density at radius 2 is 2.36 bits per heavy atom. The van der Waals surface area contributed by atoms with Crippen LogP contribution in [0.25, 0.3) is 0 Å². The van der Waals surface area contributed by atoms with Crippen molar-refractivity contribution in [2.45, 2.75) is 19.3 Å². The molecule has 2 nitrogen and oxygen atoms in total. The van der Waals surface area contributed by atoms with E-state index in [4.69, 9.17) is 0 Å². The first-order valence-electron chi connectivity index (χ1n) is 4.39. The minimum Gasteiger partial charge on any atom is -0.305 e. The van der Waals surface area contributed by atoms with Crippen LogP contribution in [-0.4, -0.2) is 31.3 Å². The first kappa shape index (κ1) is 7.29. The molecular weight excluding hydrogens is 138 g/mol. The molecule has 1 heterocycles. The van der Waals surface area contributed by atoms with Crippen molar-refractivity contribution in [3.05, 3.63) is 0 Å². The van der Waals surface area contributed by atoms with Crippen LogP contribution in [0.4, 0.5) is 0 Å². The molecule has 0 radical (unpaired) electrons. The maximum atomic E-state index is 10.1. The Morgan fingerprint density at radius 1 is 1.64 bits per heavy atom. The number of hydrogen-bond acceptors (Lipinski definition) is 2. The molecule has 2 rings (SSSR count). The summed E-state index contributed by atoms with van der Waals surface area (Å²) in [6, 6.07) is 0. The van der Waals surface area contributed by atoms with E-state index in [9.17, 15) is 4.79 Å². The van der Waals surface area contributed by atoms with Gasteiger partial charge in [-0.25, -0.2) is 0 Å². The number of aldehydes is 1. The summed E-state index contributed by atoms with van der Waals surface area (Å²) in [5.74, 6) is 0.879. The molecule has 1 atom stereocenters. The molecule has 0 aromatic heterocycles. The molecule has 1 unspecified atom stereocenters. The standard InChI is InChI=1S/C9H15NO/c1-10-6-9(7-10)5-8(9)3-2-4-11/h4,8H,2-3,5-7H2,1H3. The van der Waals surface area contributed by atoms with Crippen LogP contribution in [0.5, 0.6) is 0 Å². The summed E-state index contributed by atoms with van der Waals surface area (Å²) in [5, 5.41) is 0. The first-order chi connectivity index (χ1) is 5.27. The van der Waals surface area contributed by atoms with Crippen molar-refractivity contribution >= 4 is 6.29 Å². The molecule has 0 bridgehead atoms. The second-order valence-corrected chi connectivity index (χ2v) is 4.18. The number of hydrogen-bond donors (Lipinski definition) is 0. The molecule has 2 fully saturated rings. The van der Waals surface area contributed by atoms with E-state index in [1.165, 1.54) is 19.5 Å². The highest BCUT2D eigenvalue weighted by Gasteiger charge is 2.59. The Bertz CT molecular complexity index is 172. The van der Waals surface area contributed by atoms with Gasteiger partial charge in [-0.3, -0.25) is 0 Å². The van der Waals surface area contributed by atoms with Crippen molar-refractivity contribution in [2.24, 2.45) is 11.3 Å². The maximum Gasteiger partial charge on any atom is 0.120 e. The van der Waals surface area contributed by atoms with E-state index in [0.29, 0.717) is 5.41 Å². The topological polar surface area (TPSA) is 20.3 Å². The lowest BCUT2D eigenvalue weighted by molar-refractivity contribution is -0.108. The number of nitrogens with zero attached hydrogens (tertiary/aromatic N) is 1. The zero-order valence-electron chi connectivity index (χ0n) is 7.05. The van der Waals surface area contributed by atoms with Crippen LogP contribution in [0.2, 0.25) is 0 Å². The minimum absolute atomic E-state index is 0.678. The Labute approximate surface area is 67.6 Å². The van der Waals surface area contributed by atoms with Gasteiger partial charge >= 0.3 is 0 Å². The second kappa shape index (κ2) is 2.31. The fourth-order valence-electron chi connectivity index (χ4n) is 2.53. The van der Waals surface area contributed by atoms with E-state index in [1.807, 2.05) is 0 Å². The Balaban J connectivity index is 1.73. The van der Waals surface area contributed by atoms with E-state index in [1.54, 1.807) is 0 Å². The van der Waals surface area contributed by atoms with Crippen LogP contribution >= 0.6 is 0 Å². The smallest absolute Gasteiger partial charge is 0.120 e. The largest absolute Gasteiger partial charge is 0.305 e. The summed E-state index contributed by atoms with van der Waals surface area (Å²) in [4.78, 5) is 12.5. The van der Waals surface area contributed by atoms with Gasteiger partial charge in [-0.15, -0.1) is 0 Å². The van der Waals surface area contributed by atoms with Crippen LogP contribution < -0.4 is 0 Å². The summed E-state index contributed by atoms with van der Waals surface area (Å²) in [5.41, 5.74) is 0.678. The highest BCUT2D eigenvalue weighted by atomic mass is 16.1. The maximum absolute atomic E-state index is 10.1. The van der Waals surface area contributed by atoms with Gasteiger partial charge in [0.05, 0.1) is 0 Å². The van der Waals surface area contributed by atoms with E-state index in [0.717, 1.165) is 25.0 Å². The molecule has 62 valence electrons. The van der Waals surface area contributed by atoms with Gasteiger partial charge in [-0.2, -0.15) is 0 Å². The van der Waals surface area contributed by atoms with Crippen molar-refractivity contribution in [2.75, 3.05) is 20.1 Å². The normalized spacial score (nSPS) is 33.4. The summed E-state index contributed by atoms with van der Waals surface area (Å²) in [6.45, 7) is 2.55. The highest BCUT2D eigenvalue weighted by molar-refractivity contribution is 5.49. The average molecular weight is 153 g/mol. The predicted molar refractivity (Wildman–Crippen MR) is 43.3 cm³/mol. The molecule has 0 aromatic rings. The second-order valence-electron chi connectivity index (χ2n) is 4.18. The Hall–Kier alpha value is -0.370. The average Bonchev–Trinajstić information content (AvgIpc) is 2.58. The van der Waals surface area contributed by atoms with Crippen molar-refractivity contribution in [1.29, 1.82) is 0 Å². The Morgan fingerprint density at radius 3 is 2.91 bits per heavy atom. The highest BCUT2D eigenvalue weighted by Crippen LogP contribution is 2.59. The number of rotatable bonds is 3. The van der Waals surface area contributed by atoms with Crippen LogP contribution in [0.3, 0.4) is 0 Å². The van der Waals surface area contributed by atoms with Gasteiger partial charge in [-0.05, 0) is 31.2 Å². The van der Waals surface area contributed by atoms with Crippen molar-refractivity contribution < 1.29 is 4.79 Å². The molecule has 1 saturated carbocycles. The molecule has 0 amide bonds.